The number of hydrogen-bond acceptors (Lipinski definition) is 6. The number of thioether (sulfide) groups is 1. The summed E-state index contributed by atoms with van der Waals surface area (Å²) in [5.74, 6) is 0.725. The fourth-order valence-electron chi connectivity index (χ4n) is 3.73. The van der Waals surface area contributed by atoms with Gasteiger partial charge in [0.15, 0.2) is 0 Å². The molecule has 0 fully saturated rings. The van der Waals surface area contributed by atoms with Gasteiger partial charge in [-0.15, -0.1) is 0 Å². The van der Waals surface area contributed by atoms with Crippen molar-refractivity contribution in [3.05, 3.63) is 114 Å². The molecule has 176 valence electrons. The van der Waals surface area contributed by atoms with Crippen molar-refractivity contribution in [1.82, 2.24) is 0 Å². The summed E-state index contributed by atoms with van der Waals surface area (Å²) in [6, 6.07) is 25.9. The molecule has 1 aliphatic rings. The molecule has 1 unspecified atom stereocenters. The van der Waals surface area contributed by atoms with E-state index in [1.165, 1.54) is 11.8 Å². The maximum Gasteiger partial charge on any atom is 0.324 e. The van der Waals surface area contributed by atoms with Gasteiger partial charge in [-0.05, 0) is 35.8 Å². The fraction of sp³-hybridized carbons (Fsp3) is 0.185. The van der Waals surface area contributed by atoms with Crippen molar-refractivity contribution in [1.29, 1.82) is 0 Å². The molecule has 5 nitrogen and oxygen atoms in total. The molecule has 0 N–H and O–H groups in total. The van der Waals surface area contributed by atoms with E-state index in [0.29, 0.717) is 17.7 Å². The van der Waals surface area contributed by atoms with Gasteiger partial charge in [-0.25, -0.2) is 0 Å². The molecule has 1 atom stereocenters. The van der Waals surface area contributed by atoms with Crippen LogP contribution >= 0.6 is 11.8 Å². The third kappa shape index (κ3) is 5.73. The predicted octanol–water partition coefficient (Wildman–Crippen LogP) is 3.80. The van der Waals surface area contributed by atoms with Crippen LogP contribution < -0.4 is 18.7 Å². The van der Waals surface area contributed by atoms with Gasteiger partial charge in [0.1, 0.15) is 5.75 Å². The Morgan fingerprint density at radius 3 is 2.06 bits per heavy atom. The standard InChI is InChI=1S/C27H25ClO5S/c1-2-3-20-32-24-16-14-21(15-17-24)25-18-19-26(22-10-6-4-7-11-22)34-27(25,33-28(29,30)31)23-12-8-5-9-13-23/h4-19H,2-3,20H2,1H3. The van der Waals surface area contributed by atoms with E-state index in [2.05, 4.69) is 6.92 Å². The van der Waals surface area contributed by atoms with Gasteiger partial charge >= 0.3 is 4.93 Å². The molecular formula is C27H25ClO5S. The lowest BCUT2D eigenvalue weighted by Gasteiger charge is -2.34. The van der Waals surface area contributed by atoms with Crippen LogP contribution in [0.25, 0.3) is 10.5 Å². The zero-order valence-electron chi connectivity index (χ0n) is 18.7. The number of rotatable bonds is 9. The first-order valence-electron chi connectivity index (χ1n) is 11.0. The van der Waals surface area contributed by atoms with Crippen molar-refractivity contribution < 1.29 is 33.2 Å². The first kappa shape index (κ1) is 24.5. The molecule has 0 aliphatic carbocycles. The minimum absolute atomic E-state index is 0.544. The Bertz CT molecular complexity index is 1140. The largest absolute Gasteiger partial charge is 0.494 e. The Morgan fingerprint density at radius 1 is 0.794 bits per heavy atom. The van der Waals surface area contributed by atoms with Crippen LogP contribution in [0, 0.1) is 10.2 Å². The lowest BCUT2D eigenvalue weighted by atomic mass is 9.93. The molecule has 34 heavy (non-hydrogen) atoms. The second-order valence-corrected chi connectivity index (χ2v) is 9.87. The van der Waals surface area contributed by atoms with E-state index in [9.17, 15) is 14.0 Å². The van der Waals surface area contributed by atoms with E-state index in [0.717, 1.165) is 34.6 Å². The maximum absolute atomic E-state index is 12.0. The van der Waals surface area contributed by atoms with E-state index in [4.69, 9.17) is 9.03 Å². The summed E-state index contributed by atoms with van der Waals surface area (Å²) in [6.45, 7) is 2.73. The van der Waals surface area contributed by atoms with E-state index in [1.54, 1.807) is 24.3 Å². The lowest BCUT2D eigenvalue weighted by Crippen LogP contribution is -2.63. The average Bonchev–Trinajstić information content (AvgIpc) is 2.85. The first-order chi connectivity index (χ1) is 16.4. The third-order valence-electron chi connectivity index (χ3n) is 5.36. The topological polar surface area (TPSA) is 87.6 Å². The summed E-state index contributed by atoms with van der Waals surface area (Å²) >= 11 is 1.19. The smallest absolute Gasteiger partial charge is 0.324 e. The summed E-state index contributed by atoms with van der Waals surface area (Å²) in [4.78, 5) is -0.819. The highest BCUT2D eigenvalue weighted by atomic mass is 35.7. The number of allylic oxidation sites excluding steroid dienone is 2. The predicted molar refractivity (Wildman–Crippen MR) is 126 cm³/mol. The van der Waals surface area contributed by atoms with E-state index < -0.39 is 15.2 Å². The molecule has 3 aromatic carbocycles. The third-order valence-corrected chi connectivity index (χ3v) is 7.29. The SMILES string of the molecule is CCCCOc1ccc(C2=CC=C(c3ccccc3)SC2(O[Cl+3]([O-])([O-])[O-])c2ccccc2)cc1. The number of hydrogen-bond donors (Lipinski definition) is 0. The Labute approximate surface area is 206 Å². The van der Waals surface area contributed by atoms with Gasteiger partial charge < -0.3 is 4.74 Å². The monoisotopic (exact) mass is 496 g/mol. The van der Waals surface area contributed by atoms with Crippen LogP contribution in [0.4, 0.5) is 0 Å². The van der Waals surface area contributed by atoms with Crippen LogP contribution in [0.1, 0.15) is 36.5 Å². The van der Waals surface area contributed by atoms with Crippen molar-refractivity contribution in [2.45, 2.75) is 24.7 Å². The van der Waals surface area contributed by atoms with Crippen LogP contribution in [0.15, 0.2) is 97.1 Å². The molecule has 1 aliphatic heterocycles. The Hall–Kier alpha value is -2.58. The summed E-state index contributed by atoms with van der Waals surface area (Å²) in [5.41, 5.74) is 2.71. The molecule has 3 aromatic rings. The first-order valence-corrected chi connectivity index (χ1v) is 13.0. The average molecular weight is 497 g/mol. The molecular weight excluding hydrogens is 472 g/mol. The fourth-order valence-corrected chi connectivity index (χ4v) is 5.77. The molecule has 0 saturated carbocycles. The molecule has 0 aromatic heterocycles. The van der Waals surface area contributed by atoms with Gasteiger partial charge in [-0.1, -0.05) is 104 Å². The van der Waals surface area contributed by atoms with E-state index in [-0.39, 0.29) is 0 Å². The second-order valence-electron chi connectivity index (χ2n) is 7.74. The Balaban J connectivity index is 1.82. The summed E-state index contributed by atoms with van der Waals surface area (Å²) in [6.07, 6.45) is 5.74. The van der Waals surface area contributed by atoms with Gasteiger partial charge in [0.25, 0.3) is 0 Å². The zero-order valence-corrected chi connectivity index (χ0v) is 20.3. The number of benzene rings is 3. The summed E-state index contributed by atoms with van der Waals surface area (Å²) < 4.78 is 47.2. The quantitative estimate of drug-likeness (QED) is 0.419. The summed E-state index contributed by atoms with van der Waals surface area (Å²) in [5, 5.41) is 0. The van der Waals surface area contributed by atoms with Gasteiger partial charge in [0, 0.05) is 16.0 Å². The van der Waals surface area contributed by atoms with E-state index >= 15 is 0 Å². The molecule has 0 saturated heterocycles. The van der Waals surface area contributed by atoms with Crippen LogP contribution in [-0.2, 0) is 9.22 Å². The van der Waals surface area contributed by atoms with Crippen molar-refractivity contribution >= 4 is 22.2 Å². The molecule has 0 radical (unpaired) electrons. The van der Waals surface area contributed by atoms with Crippen LogP contribution in [0.2, 0.25) is 0 Å². The van der Waals surface area contributed by atoms with Gasteiger partial charge in [-0.2, -0.15) is 14.0 Å². The molecule has 7 heteroatoms. The van der Waals surface area contributed by atoms with Crippen molar-refractivity contribution in [3.63, 3.8) is 0 Å². The highest BCUT2D eigenvalue weighted by Crippen LogP contribution is 2.56. The Kier molecular flexibility index (Phi) is 7.78. The van der Waals surface area contributed by atoms with Crippen LogP contribution in [0.5, 0.6) is 5.75 Å². The normalized spacial score (nSPS) is 18.2. The van der Waals surface area contributed by atoms with Gasteiger partial charge in [-0.3, -0.25) is 0 Å². The minimum atomic E-state index is -4.74. The number of halogens is 1. The number of ether oxygens (including phenoxy) is 1. The molecule has 0 bridgehead atoms. The van der Waals surface area contributed by atoms with Crippen molar-refractivity contribution in [3.8, 4) is 5.75 Å². The highest BCUT2D eigenvalue weighted by molar-refractivity contribution is 8.09. The Morgan fingerprint density at radius 2 is 1.44 bits per heavy atom. The minimum Gasteiger partial charge on any atom is -0.494 e. The zero-order chi connectivity index (χ0) is 24.0. The van der Waals surface area contributed by atoms with Gasteiger partial charge in [0.2, 0.25) is 0 Å². The highest BCUT2D eigenvalue weighted by Gasteiger charge is 2.54. The molecule has 0 spiro atoms. The second kappa shape index (κ2) is 10.8. The summed E-state index contributed by atoms with van der Waals surface area (Å²) in [7, 11) is -4.74. The van der Waals surface area contributed by atoms with Crippen LogP contribution in [-0.4, -0.2) is 6.61 Å². The van der Waals surface area contributed by atoms with Gasteiger partial charge in [0.05, 0.1) is 21.1 Å². The lowest BCUT2D eigenvalue weighted by molar-refractivity contribution is -1.92. The van der Waals surface area contributed by atoms with E-state index in [1.807, 2.05) is 72.8 Å². The van der Waals surface area contributed by atoms with Crippen molar-refractivity contribution in [2.24, 2.45) is 0 Å². The molecule has 1 heterocycles. The van der Waals surface area contributed by atoms with Crippen molar-refractivity contribution in [2.75, 3.05) is 6.61 Å². The molecule has 4 rings (SSSR count). The number of unbranched alkanes of at least 4 members (excludes halogenated alkanes) is 1. The maximum atomic E-state index is 12.0. The molecule has 0 amide bonds. The van der Waals surface area contributed by atoms with Crippen LogP contribution in [0.3, 0.4) is 0 Å².